The molecule has 0 fully saturated rings. The first kappa shape index (κ1) is 16.0. The fourth-order valence-electron chi connectivity index (χ4n) is 1.53. The molecule has 0 spiro atoms. The summed E-state index contributed by atoms with van der Waals surface area (Å²) in [6.45, 7) is 1.64. The lowest BCUT2D eigenvalue weighted by Crippen LogP contribution is -2.15. The smallest absolute Gasteiger partial charge is 0.340 e. The normalized spacial score (nSPS) is 10.3. The molecule has 0 radical (unpaired) electrons. The second-order valence-electron chi connectivity index (χ2n) is 4.11. The molecule has 0 saturated heterocycles. The number of benzene rings is 1. The van der Waals surface area contributed by atoms with Crippen molar-refractivity contribution in [1.82, 2.24) is 10.2 Å². The van der Waals surface area contributed by atoms with Crippen molar-refractivity contribution in [3.63, 3.8) is 0 Å². The quantitative estimate of drug-likeness (QED) is 0.664. The standard InChI is InChI=1S/C13H12FN3O4S/c1-7-16-17-13(21-7)22-6-11(18)15-8-3-4-10(14)9(5-8)12(19)20-2/h3-5H,6H2,1-2H3,(H,15,18). The highest BCUT2D eigenvalue weighted by atomic mass is 32.2. The van der Waals surface area contributed by atoms with Crippen molar-refractivity contribution in [2.45, 2.75) is 12.1 Å². The van der Waals surface area contributed by atoms with Crippen LogP contribution in [0.1, 0.15) is 16.2 Å². The third-order valence-corrected chi connectivity index (χ3v) is 3.31. The minimum atomic E-state index is -0.815. The highest BCUT2D eigenvalue weighted by Gasteiger charge is 2.14. The Morgan fingerprint density at radius 2 is 2.18 bits per heavy atom. The van der Waals surface area contributed by atoms with Crippen molar-refractivity contribution in [3.05, 3.63) is 35.5 Å². The van der Waals surface area contributed by atoms with Crippen LogP contribution in [-0.2, 0) is 9.53 Å². The molecule has 7 nitrogen and oxygen atoms in total. The van der Waals surface area contributed by atoms with E-state index >= 15 is 0 Å². The van der Waals surface area contributed by atoms with E-state index in [1.165, 1.54) is 12.1 Å². The number of carbonyl (C=O) groups is 2. The number of esters is 1. The molecule has 22 heavy (non-hydrogen) atoms. The molecule has 1 N–H and O–H groups in total. The van der Waals surface area contributed by atoms with Crippen molar-refractivity contribution < 1.29 is 23.1 Å². The van der Waals surface area contributed by atoms with Crippen LogP contribution < -0.4 is 5.32 Å². The minimum Gasteiger partial charge on any atom is -0.465 e. The van der Waals surface area contributed by atoms with Crippen LogP contribution in [0.4, 0.5) is 10.1 Å². The minimum absolute atomic E-state index is 0.0343. The van der Waals surface area contributed by atoms with E-state index in [9.17, 15) is 14.0 Å². The van der Waals surface area contributed by atoms with E-state index in [1.54, 1.807) is 6.92 Å². The largest absolute Gasteiger partial charge is 0.465 e. The SMILES string of the molecule is COC(=O)c1cc(NC(=O)CSc2nnc(C)o2)ccc1F. The third kappa shape index (κ3) is 4.04. The monoisotopic (exact) mass is 325 g/mol. The summed E-state index contributed by atoms with van der Waals surface area (Å²) >= 11 is 1.07. The van der Waals surface area contributed by atoms with Gasteiger partial charge in [-0.05, 0) is 18.2 Å². The molecular formula is C13H12FN3O4S. The van der Waals surface area contributed by atoms with Crippen LogP contribution in [0.3, 0.4) is 0 Å². The van der Waals surface area contributed by atoms with Gasteiger partial charge in [0.25, 0.3) is 5.22 Å². The van der Waals surface area contributed by atoms with Crippen LogP contribution in [0.15, 0.2) is 27.8 Å². The third-order valence-electron chi connectivity index (χ3n) is 2.49. The zero-order valence-electron chi connectivity index (χ0n) is 11.8. The Morgan fingerprint density at radius 1 is 1.41 bits per heavy atom. The molecule has 2 aromatic rings. The summed E-state index contributed by atoms with van der Waals surface area (Å²) in [6.07, 6.45) is 0. The van der Waals surface area contributed by atoms with Gasteiger partial charge in [-0.3, -0.25) is 4.79 Å². The lowest BCUT2D eigenvalue weighted by Gasteiger charge is -2.07. The molecule has 9 heteroatoms. The highest BCUT2D eigenvalue weighted by Crippen LogP contribution is 2.18. The molecule has 0 aliphatic heterocycles. The van der Waals surface area contributed by atoms with E-state index < -0.39 is 11.8 Å². The number of anilines is 1. The first-order valence-corrected chi connectivity index (χ1v) is 7.09. The summed E-state index contributed by atoms with van der Waals surface area (Å²) < 4.78 is 23.0. The highest BCUT2D eigenvalue weighted by molar-refractivity contribution is 7.99. The predicted molar refractivity (Wildman–Crippen MR) is 76.1 cm³/mol. The number of amides is 1. The second kappa shape index (κ2) is 7.03. The van der Waals surface area contributed by atoms with Crippen LogP contribution in [0, 0.1) is 12.7 Å². The maximum Gasteiger partial charge on any atom is 0.340 e. The summed E-state index contributed by atoms with van der Waals surface area (Å²) in [6, 6.07) is 3.64. The van der Waals surface area contributed by atoms with E-state index in [-0.39, 0.29) is 28.1 Å². The molecule has 0 bridgehead atoms. The molecule has 0 unspecified atom stereocenters. The van der Waals surface area contributed by atoms with Gasteiger partial charge in [0.05, 0.1) is 18.4 Å². The molecule has 1 aromatic carbocycles. The zero-order valence-corrected chi connectivity index (χ0v) is 12.6. The Kier molecular flexibility index (Phi) is 5.10. The molecule has 1 amide bonds. The van der Waals surface area contributed by atoms with E-state index in [1.807, 2.05) is 0 Å². The van der Waals surface area contributed by atoms with Crippen molar-refractivity contribution >= 4 is 29.3 Å². The molecule has 0 saturated carbocycles. The zero-order chi connectivity index (χ0) is 16.1. The first-order valence-electron chi connectivity index (χ1n) is 6.10. The van der Waals surface area contributed by atoms with Crippen LogP contribution in [0.5, 0.6) is 0 Å². The van der Waals surface area contributed by atoms with Gasteiger partial charge in [0, 0.05) is 12.6 Å². The molecule has 1 heterocycles. The number of hydrogen-bond donors (Lipinski definition) is 1. The van der Waals surface area contributed by atoms with Gasteiger partial charge in [-0.2, -0.15) is 0 Å². The number of methoxy groups -OCH3 is 1. The topological polar surface area (TPSA) is 94.3 Å². The Bertz CT molecular complexity index is 704. The molecule has 2 rings (SSSR count). The Morgan fingerprint density at radius 3 is 2.82 bits per heavy atom. The number of nitrogens with zero attached hydrogens (tertiary/aromatic N) is 2. The Labute approximate surface area is 129 Å². The van der Waals surface area contributed by atoms with Gasteiger partial charge in [0.2, 0.25) is 11.8 Å². The second-order valence-corrected chi connectivity index (χ2v) is 5.04. The fourth-order valence-corrected chi connectivity index (χ4v) is 2.14. The molecule has 0 aliphatic rings. The Hall–Kier alpha value is -2.42. The van der Waals surface area contributed by atoms with Gasteiger partial charge in [-0.25, -0.2) is 9.18 Å². The number of aromatic nitrogens is 2. The molecule has 116 valence electrons. The van der Waals surface area contributed by atoms with Crippen molar-refractivity contribution in [1.29, 1.82) is 0 Å². The number of ether oxygens (including phenoxy) is 1. The van der Waals surface area contributed by atoms with Gasteiger partial charge < -0.3 is 14.5 Å². The summed E-state index contributed by atoms with van der Waals surface area (Å²) in [5.74, 6) is -1.45. The van der Waals surface area contributed by atoms with Crippen LogP contribution in [0.2, 0.25) is 0 Å². The number of aryl methyl sites for hydroxylation is 1. The number of nitrogens with one attached hydrogen (secondary N) is 1. The van der Waals surface area contributed by atoms with Crippen LogP contribution in [0.25, 0.3) is 0 Å². The van der Waals surface area contributed by atoms with Gasteiger partial charge in [-0.15, -0.1) is 10.2 Å². The fraction of sp³-hybridized carbons (Fsp3) is 0.231. The predicted octanol–water partition coefficient (Wildman–Crippen LogP) is 2.03. The van der Waals surface area contributed by atoms with Gasteiger partial charge in [-0.1, -0.05) is 11.8 Å². The maximum atomic E-state index is 13.5. The summed E-state index contributed by atoms with van der Waals surface area (Å²) in [5.41, 5.74) is 0.0367. The van der Waals surface area contributed by atoms with Crippen molar-refractivity contribution in [3.8, 4) is 0 Å². The molecular weight excluding hydrogens is 313 g/mol. The van der Waals surface area contributed by atoms with Gasteiger partial charge >= 0.3 is 5.97 Å². The molecule has 0 atom stereocenters. The van der Waals surface area contributed by atoms with E-state index in [2.05, 4.69) is 20.3 Å². The summed E-state index contributed by atoms with van der Waals surface area (Å²) in [7, 11) is 1.15. The lowest BCUT2D eigenvalue weighted by atomic mass is 10.2. The number of halogens is 1. The number of rotatable bonds is 5. The summed E-state index contributed by atoms with van der Waals surface area (Å²) in [4.78, 5) is 23.2. The number of hydrogen-bond acceptors (Lipinski definition) is 7. The lowest BCUT2D eigenvalue weighted by molar-refractivity contribution is -0.113. The number of thioether (sulfide) groups is 1. The van der Waals surface area contributed by atoms with Crippen molar-refractivity contribution in [2.75, 3.05) is 18.2 Å². The Balaban J connectivity index is 1.98. The van der Waals surface area contributed by atoms with E-state index in [0.717, 1.165) is 24.9 Å². The summed E-state index contributed by atoms with van der Waals surface area (Å²) in [5, 5.41) is 10.2. The average Bonchev–Trinajstić information content (AvgIpc) is 2.92. The van der Waals surface area contributed by atoms with E-state index in [0.29, 0.717) is 5.89 Å². The van der Waals surface area contributed by atoms with Gasteiger partial charge in [0.1, 0.15) is 5.82 Å². The first-order chi connectivity index (χ1) is 10.5. The van der Waals surface area contributed by atoms with Crippen molar-refractivity contribution in [2.24, 2.45) is 0 Å². The van der Waals surface area contributed by atoms with Gasteiger partial charge in [0.15, 0.2) is 0 Å². The molecule has 0 aliphatic carbocycles. The maximum absolute atomic E-state index is 13.5. The number of carbonyl (C=O) groups excluding carboxylic acids is 2. The van der Waals surface area contributed by atoms with E-state index in [4.69, 9.17) is 4.42 Å². The average molecular weight is 325 g/mol. The molecule has 1 aromatic heterocycles. The van der Waals surface area contributed by atoms with Crippen LogP contribution >= 0.6 is 11.8 Å². The van der Waals surface area contributed by atoms with Crippen LogP contribution in [-0.4, -0.2) is 34.9 Å².